The lowest BCUT2D eigenvalue weighted by Crippen LogP contribution is -2.28. The fourth-order valence-corrected chi connectivity index (χ4v) is 4.37. The van der Waals surface area contributed by atoms with E-state index in [4.69, 9.17) is 28.4 Å². The minimum absolute atomic E-state index is 0.160. The number of rotatable bonds is 9. The SMILES string of the molecule is COc1cc(OC)c(OC)cc1CNC(=O)COC(=O)c1ccc(-c2ccc3c(c2)OCCO3)s1. The third kappa shape index (κ3) is 5.60. The van der Waals surface area contributed by atoms with Gasteiger partial charge in [0.05, 0.1) is 21.3 Å². The lowest BCUT2D eigenvalue weighted by molar-refractivity contribution is -0.124. The van der Waals surface area contributed by atoms with Crippen LogP contribution < -0.4 is 29.0 Å². The summed E-state index contributed by atoms with van der Waals surface area (Å²) < 4.78 is 32.3. The molecule has 1 aliphatic rings. The molecule has 0 spiro atoms. The Hall–Kier alpha value is -3.92. The van der Waals surface area contributed by atoms with Crippen LogP contribution in [-0.4, -0.2) is 53.0 Å². The largest absolute Gasteiger partial charge is 0.496 e. The van der Waals surface area contributed by atoms with Gasteiger partial charge in [-0.25, -0.2) is 4.79 Å². The van der Waals surface area contributed by atoms with Gasteiger partial charge in [0.15, 0.2) is 29.6 Å². The smallest absolute Gasteiger partial charge is 0.348 e. The van der Waals surface area contributed by atoms with Gasteiger partial charge in [0.1, 0.15) is 23.8 Å². The number of hydrogen-bond donors (Lipinski definition) is 1. The molecule has 10 heteroatoms. The van der Waals surface area contributed by atoms with Crippen LogP contribution in [0.5, 0.6) is 28.7 Å². The molecule has 1 aliphatic heterocycles. The van der Waals surface area contributed by atoms with Gasteiger partial charge in [0.25, 0.3) is 5.91 Å². The van der Waals surface area contributed by atoms with E-state index in [-0.39, 0.29) is 6.54 Å². The van der Waals surface area contributed by atoms with Crippen LogP contribution in [0.3, 0.4) is 0 Å². The van der Waals surface area contributed by atoms with Crippen LogP contribution in [-0.2, 0) is 16.1 Å². The molecule has 184 valence electrons. The summed E-state index contributed by atoms with van der Waals surface area (Å²) in [5.41, 5.74) is 1.59. The summed E-state index contributed by atoms with van der Waals surface area (Å²) in [5.74, 6) is 1.92. The van der Waals surface area contributed by atoms with Gasteiger partial charge in [-0.05, 0) is 42.0 Å². The van der Waals surface area contributed by atoms with Gasteiger partial charge in [0.2, 0.25) is 0 Å². The molecule has 0 radical (unpaired) electrons. The first-order chi connectivity index (χ1) is 17.0. The molecule has 1 amide bonds. The maximum absolute atomic E-state index is 12.5. The molecule has 0 fully saturated rings. The molecule has 9 nitrogen and oxygen atoms in total. The molecule has 0 saturated carbocycles. The van der Waals surface area contributed by atoms with E-state index in [1.807, 2.05) is 24.3 Å². The van der Waals surface area contributed by atoms with Gasteiger partial charge in [-0.1, -0.05) is 0 Å². The number of nitrogens with one attached hydrogen (secondary N) is 1. The van der Waals surface area contributed by atoms with Crippen molar-refractivity contribution in [1.82, 2.24) is 5.32 Å². The quantitative estimate of drug-likeness (QED) is 0.445. The van der Waals surface area contributed by atoms with Gasteiger partial charge >= 0.3 is 5.97 Å². The molecule has 1 aromatic heterocycles. The number of amides is 1. The Labute approximate surface area is 206 Å². The molecule has 0 saturated heterocycles. The predicted octanol–water partition coefficient (Wildman–Crippen LogP) is 3.69. The molecule has 2 aromatic carbocycles. The highest BCUT2D eigenvalue weighted by Gasteiger charge is 2.17. The van der Waals surface area contributed by atoms with E-state index in [1.54, 1.807) is 18.2 Å². The van der Waals surface area contributed by atoms with Crippen LogP contribution in [0.4, 0.5) is 0 Å². The number of hydrogen-bond acceptors (Lipinski definition) is 9. The van der Waals surface area contributed by atoms with Gasteiger partial charge in [-0.2, -0.15) is 0 Å². The van der Waals surface area contributed by atoms with Crippen LogP contribution >= 0.6 is 11.3 Å². The number of carbonyl (C=O) groups is 2. The first-order valence-corrected chi connectivity index (χ1v) is 11.6. The molecular formula is C25H25NO8S. The summed E-state index contributed by atoms with van der Waals surface area (Å²) in [6.07, 6.45) is 0. The zero-order valence-corrected chi connectivity index (χ0v) is 20.4. The lowest BCUT2D eigenvalue weighted by atomic mass is 10.1. The highest BCUT2D eigenvalue weighted by molar-refractivity contribution is 7.17. The highest BCUT2D eigenvalue weighted by atomic mass is 32.1. The van der Waals surface area contributed by atoms with Crippen molar-refractivity contribution >= 4 is 23.2 Å². The molecule has 35 heavy (non-hydrogen) atoms. The summed E-state index contributed by atoms with van der Waals surface area (Å²) in [6.45, 7) is 0.773. The molecule has 0 bridgehead atoms. The average Bonchev–Trinajstić information content (AvgIpc) is 3.40. The first-order valence-electron chi connectivity index (χ1n) is 10.7. The van der Waals surface area contributed by atoms with Crippen molar-refractivity contribution in [2.24, 2.45) is 0 Å². The standard InChI is InChI=1S/C25H25NO8S/c1-29-18-12-20(31-3)19(30-2)11-16(18)13-26-24(27)14-34-25(28)23-7-6-22(35-23)15-4-5-17-21(10-15)33-9-8-32-17/h4-7,10-12H,8-9,13-14H2,1-3H3,(H,26,27). The summed E-state index contributed by atoms with van der Waals surface area (Å²) >= 11 is 1.27. The van der Waals surface area contributed by atoms with E-state index in [1.165, 1.54) is 32.7 Å². The normalized spacial score (nSPS) is 12.0. The van der Waals surface area contributed by atoms with Crippen molar-refractivity contribution in [3.8, 4) is 39.2 Å². The van der Waals surface area contributed by atoms with E-state index in [2.05, 4.69) is 5.32 Å². The third-order valence-electron chi connectivity index (χ3n) is 5.23. The Kier molecular flexibility index (Phi) is 7.61. The zero-order chi connectivity index (χ0) is 24.8. The lowest BCUT2D eigenvalue weighted by Gasteiger charge is -2.18. The second-order valence-corrected chi connectivity index (χ2v) is 8.48. The number of fused-ring (bicyclic) bond motifs is 1. The highest BCUT2D eigenvalue weighted by Crippen LogP contribution is 2.37. The van der Waals surface area contributed by atoms with Crippen LogP contribution in [0.15, 0.2) is 42.5 Å². The summed E-state index contributed by atoms with van der Waals surface area (Å²) in [6, 6.07) is 12.5. The first kappa shape index (κ1) is 24.2. The predicted molar refractivity (Wildman–Crippen MR) is 129 cm³/mol. The number of methoxy groups -OCH3 is 3. The van der Waals surface area contributed by atoms with E-state index in [0.29, 0.717) is 52.4 Å². The molecule has 2 heterocycles. The molecule has 0 aliphatic carbocycles. The molecular weight excluding hydrogens is 474 g/mol. The number of esters is 1. The van der Waals surface area contributed by atoms with E-state index < -0.39 is 18.5 Å². The Morgan fingerprint density at radius 1 is 0.886 bits per heavy atom. The number of carbonyl (C=O) groups excluding carboxylic acids is 2. The Morgan fingerprint density at radius 2 is 1.60 bits per heavy atom. The number of benzene rings is 2. The summed E-state index contributed by atoms with van der Waals surface area (Å²) in [7, 11) is 4.57. The maximum Gasteiger partial charge on any atom is 0.348 e. The van der Waals surface area contributed by atoms with Gasteiger partial charge < -0.3 is 33.7 Å². The fraction of sp³-hybridized carbons (Fsp3) is 0.280. The molecule has 0 atom stereocenters. The van der Waals surface area contributed by atoms with Crippen molar-refractivity contribution < 1.29 is 38.0 Å². The minimum Gasteiger partial charge on any atom is -0.496 e. The fourth-order valence-electron chi connectivity index (χ4n) is 3.48. The van der Waals surface area contributed by atoms with Gasteiger partial charge in [0, 0.05) is 23.1 Å². The molecule has 1 N–H and O–H groups in total. The van der Waals surface area contributed by atoms with Crippen molar-refractivity contribution in [1.29, 1.82) is 0 Å². The topological polar surface area (TPSA) is 102 Å². The van der Waals surface area contributed by atoms with Gasteiger partial charge in [-0.15, -0.1) is 11.3 Å². The monoisotopic (exact) mass is 499 g/mol. The molecule has 4 rings (SSSR count). The van der Waals surface area contributed by atoms with E-state index in [9.17, 15) is 9.59 Å². The molecule has 0 unspecified atom stereocenters. The van der Waals surface area contributed by atoms with E-state index in [0.717, 1.165) is 10.4 Å². The van der Waals surface area contributed by atoms with Gasteiger partial charge in [-0.3, -0.25) is 4.79 Å². The second-order valence-electron chi connectivity index (χ2n) is 7.39. The second kappa shape index (κ2) is 11.0. The zero-order valence-electron chi connectivity index (χ0n) is 19.5. The van der Waals surface area contributed by atoms with Crippen molar-refractivity contribution in [2.75, 3.05) is 41.2 Å². The summed E-state index contributed by atoms with van der Waals surface area (Å²) in [4.78, 5) is 26.0. The number of ether oxygens (including phenoxy) is 6. The third-order valence-corrected chi connectivity index (χ3v) is 6.35. The number of thiophene rings is 1. The average molecular weight is 500 g/mol. The van der Waals surface area contributed by atoms with Crippen LogP contribution in [0, 0.1) is 0 Å². The van der Waals surface area contributed by atoms with Crippen molar-refractivity contribution in [3.05, 3.63) is 52.9 Å². The summed E-state index contributed by atoms with van der Waals surface area (Å²) in [5, 5.41) is 2.71. The minimum atomic E-state index is -0.572. The van der Waals surface area contributed by atoms with Crippen LogP contribution in [0.2, 0.25) is 0 Å². The maximum atomic E-state index is 12.5. The van der Waals surface area contributed by atoms with Crippen molar-refractivity contribution in [3.63, 3.8) is 0 Å². The van der Waals surface area contributed by atoms with Crippen LogP contribution in [0.25, 0.3) is 10.4 Å². The Balaban J connectivity index is 1.32. The van der Waals surface area contributed by atoms with E-state index >= 15 is 0 Å². The Morgan fingerprint density at radius 3 is 2.34 bits per heavy atom. The Bertz CT molecular complexity index is 1220. The molecule has 3 aromatic rings. The van der Waals surface area contributed by atoms with Crippen LogP contribution in [0.1, 0.15) is 15.2 Å². The van der Waals surface area contributed by atoms with Crippen molar-refractivity contribution in [2.45, 2.75) is 6.54 Å².